The Morgan fingerprint density at radius 2 is 2.08 bits per heavy atom. The highest BCUT2D eigenvalue weighted by Crippen LogP contribution is 2.25. The molecule has 2 aliphatic rings. The Morgan fingerprint density at radius 3 is 2.80 bits per heavy atom. The summed E-state index contributed by atoms with van der Waals surface area (Å²) in [5, 5.41) is 4.49. The lowest BCUT2D eigenvalue weighted by atomic mass is 10.1. The largest absolute Gasteiger partial charge is 0.332 e. The number of amides is 1. The van der Waals surface area contributed by atoms with Gasteiger partial charge in [-0.15, -0.1) is 11.3 Å². The molecule has 2 aliphatic heterocycles. The van der Waals surface area contributed by atoms with Crippen LogP contribution >= 0.6 is 11.3 Å². The Labute approximate surface area is 153 Å². The molecule has 0 aliphatic carbocycles. The fraction of sp³-hybridized carbons (Fsp3) is 0.579. The van der Waals surface area contributed by atoms with Crippen LogP contribution in [0.3, 0.4) is 0 Å². The van der Waals surface area contributed by atoms with E-state index in [1.807, 2.05) is 23.2 Å². The van der Waals surface area contributed by atoms with E-state index in [2.05, 4.69) is 28.5 Å². The molecule has 0 spiro atoms. The monoisotopic (exact) mass is 358 g/mol. The van der Waals surface area contributed by atoms with Crippen LogP contribution in [-0.2, 0) is 13.1 Å². The Morgan fingerprint density at radius 1 is 1.28 bits per heavy atom. The molecule has 5 nitrogen and oxygen atoms in total. The number of likely N-dealkylation sites (tertiary alicyclic amines) is 1. The van der Waals surface area contributed by atoms with Crippen LogP contribution in [0.25, 0.3) is 0 Å². The van der Waals surface area contributed by atoms with E-state index in [9.17, 15) is 4.79 Å². The molecule has 25 heavy (non-hydrogen) atoms. The fourth-order valence-electron chi connectivity index (χ4n) is 3.97. The molecule has 1 unspecified atom stereocenters. The van der Waals surface area contributed by atoms with Crippen LogP contribution < -0.4 is 0 Å². The molecular formula is C19H26N4OS. The van der Waals surface area contributed by atoms with Crippen LogP contribution in [-0.4, -0.2) is 51.7 Å². The molecule has 4 heterocycles. The summed E-state index contributed by atoms with van der Waals surface area (Å²) in [5.74, 6) is 0.604. The number of carbonyl (C=O) groups excluding carboxylic acids is 1. The van der Waals surface area contributed by atoms with E-state index >= 15 is 0 Å². The molecule has 0 bridgehead atoms. The SMILES string of the molecule is Cc1cc(C(=O)N2Cc3ccnn3CC(CN3CCCC3)C2)sc1C. The van der Waals surface area contributed by atoms with Gasteiger partial charge in [0.2, 0.25) is 0 Å². The van der Waals surface area contributed by atoms with Gasteiger partial charge in [-0.2, -0.15) is 5.10 Å². The minimum absolute atomic E-state index is 0.169. The molecule has 1 saturated heterocycles. The number of hydrogen-bond acceptors (Lipinski definition) is 4. The van der Waals surface area contributed by atoms with Crippen molar-refractivity contribution in [3.8, 4) is 0 Å². The zero-order chi connectivity index (χ0) is 17.4. The van der Waals surface area contributed by atoms with Crippen molar-refractivity contribution in [1.82, 2.24) is 19.6 Å². The van der Waals surface area contributed by atoms with Gasteiger partial charge in [-0.1, -0.05) is 0 Å². The van der Waals surface area contributed by atoms with Gasteiger partial charge in [0.05, 0.1) is 17.1 Å². The summed E-state index contributed by atoms with van der Waals surface area (Å²) in [6, 6.07) is 4.09. The standard InChI is InChI=1S/C19H26N4OS/c1-14-9-18(25-15(14)2)19(24)22-11-16(10-21-7-3-4-8-21)12-23-17(13-22)5-6-20-23/h5-6,9,16H,3-4,7-8,10-13H2,1-2H3. The maximum Gasteiger partial charge on any atom is 0.264 e. The first-order valence-electron chi connectivity index (χ1n) is 9.19. The molecule has 0 radical (unpaired) electrons. The number of aryl methyl sites for hydroxylation is 2. The fourth-order valence-corrected chi connectivity index (χ4v) is 4.97. The molecule has 0 aromatic carbocycles. The predicted octanol–water partition coefficient (Wildman–Crippen LogP) is 2.93. The molecular weight excluding hydrogens is 332 g/mol. The Bertz CT molecular complexity index is 740. The van der Waals surface area contributed by atoms with E-state index in [0.717, 1.165) is 30.2 Å². The molecule has 1 fully saturated rings. The third-order valence-electron chi connectivity index (χ3n) is 5.45. The number of aromatic nitrogens is 2. The van der Waals surface area contributed by atoms with Crippen molar-refractivity contribution in [2.75, 3.05) is 26.2 Å². The minimum atomic E-state index is 0.169. The van der Waals surface area contributed by atoms with E-state index in [-0.39, 0.29) is 5.91 Å². The number of hydrogen-bond donors (Lipinski definition) is 0. The summed E-state index contributed by atoms with van der Waals surface area (Å²) >= 11 is 1.62. The molecule has 134 valence electrons. The van der Waals surface area contributed by atoms with Gasteiger partial charge in [0.15, 0.2) is 0 Å². The van der Waals surface area contributed by atoms with Crippen LogP contribution in [0.2, 0.25) is 0 Å². The van der Waals surface area contributed by atoms with Gasteiger partial charge in [-0.3, -0.25) is 9.48 Å². The molecule has 2 aromatic rings. The average Bonchev–Trinajstić information content (AvgIpc) is 3.29. The summed E-state index contributed by atoms with van der Waals surface area (Å²) < 4.78 is 2.10. The zero-order valence-electron chi connectivity index (χ0n) is 15.1. The van der Waals surface area contributed by atoms with E-state index in [1.165, 1.54) is 36.4 Å². The number of rotatable bonds is 3. The number of thiophene rings is 1. The maximum absolute atomic E-state index is 13.1. The van der Waals surface area contributed by atoms with Crippen molar-refractivity contribution in [1.29, 1.82) is 0 Å². The summed E-state index contributed by atoms with van der Waals surface area (Å²) in [6.45, 7) is 10.00. The van der Waals surface area contributed by atoms with E-state index < -0.39 is 0 Å². The lowest BCUT2D eigenvalue weighted by molar-refractivity contribution is 0.0713. The molecule has 0 saturated carbocycles. The summed E-state index contributed by atoms with van der Waals surface area (Å²) in [4.78, 5) is 19.8. The molecule has 4 rings (SSSR count). The Hall–Kier alpha value is -1.66. The van der Waals surface area contributed by atoms with Crippen LogP contribution in [0.5, 0.6) is 0 Å². The predicted molar refractivity (Wildman–Crippen MR) is 99.9 cm³/mol. The van der Waals surface area contributed by atoms with Crippen molar-refractivity contribution >= 4 is 17.2 Å². The van der Waals surface area contributed by atoms with Crippen molar-refractivity contribution < 1.29 is 4.79 Å². The second-order valence-electron chi connectivity index (χ2n) is 7.41. The van der Waals surface area contributed by atoms with Crippen LogP contribution in [0.15, 0.2) is 18.3 Å². The number of carbonyl (C=O) groups is 1. The van der Waals surface area contributed by atoms with Gasteiger partial charge in [-0.05, 0) is 57.5 Å². The lowest BCUT2D eigenvalue weighted by Gasteiger charge is -2.27. The van der Waals surface area contributed by atoms with Gasteiger partial charge in [0.1, 0.15) is 0 Å². The minimum Gasteiger partial charge on any atom is -0.332 e. The zero-order valence-corrected chi connectivity index (χ0v) is 15.9. The van der Waals surface area contributed by atoms with Crippen LogP contribution in [0.4, 0.5) is 0 Å². The van der Waals surface area contributed by atoms with Gasteiger partial charge < -0.3 is 9.80 Å². The van der Waals surface area contributed by atoms with Crippen molar-refractivity contribution in [2.45, 2.75) is 39.8 Å². The topological polar surface area (TPSA) is 41.4 Å². The van der Waals surface area contributed by atoms with Crippen molar-refractivity contribution in [2.24, 2.45) is 5.92 Å². The Balaban J connectivity index is 1.56. The van der Waals surface area contributed by atoms with Crippen LogP contribution in [0, 0.1) is 19.8 Å². The van der Waals surface area contributed by atoms with Gasteiger partial charge in [0.25, 0.3) is 5.91 Å². The van der Waals surface area contributed by atoms with E-state index in [1.54, 1.807) is 11.3 Å². The highest BCUT2D eigenvalue weighted by Gasteiger charge is 2.28. The first kappa shape index (κ1) is 16.8. The molecule has 1 amide bonds. The van der Waals surface area contributed by atoms with E-state index in [0.29, 0.717) is 12.5 Å². The Kier molecular flexibility index (Phi) is 4.65. The molecule has 0 N–H and O–H groups in total. The first-order chi connectivity index (χ1) is 12.1. The smallest absolute Gasteiger partial charge is 0.264 e. The second-order valence-corrected chi connectivity index (χ2v) is 8.67. The second kappa shape index (κ2) is 6.92. The van der Waals surface area contributed by atoms with Gasteiger partial charge >= 0.3 is 0 Å². The quantitative estimate of drug-likeness (QED) is 0.847. The lowest BCUT2D eigenvalue weighted by Crippen LogP contribution is -2.38. The van der Waals surface area contributed by atoms with Crippen molar-refractivity contribution in [3.63, 3.8) is 0 Å². The van der Waals surface area contributed by atoms with Gasteiger partial charge in [-0.25, -0.2) is 0 Å². The summed E-state index contributed by atoms with van der Waals surface area (Å²) in [7, 11) is 0. The highest BCUT2D eigenvalue weighted by atomic mass is 32.1. The maximum atomic E-state index is 13.1. The normalized spacial score (nSPS) is 21.4. The molecule has 2 aromatic heterocycles. The van der Waals surface area contributed by atoms with Crippen LogP contribution in [0.1, 0.15) is 38.6 Å². The summed E-state index contributed by atoms with van der Waals surface area (Å²) in [5.41, 5.74) is 2.35. The third kappa shape index (κ3) is 3.51. The highest BCUT2D eigenvalue weighted by molar-refractivity contribution is 7.14. The summed E-state index contributed by atoms with van der Waals surface area (Å²) in [6.07, 6.45) is 4.46. The first-order valence-corrected chi connectivity index (χ1v) is 10.0. The van der Waals surface area contributed by atoms with Crippen molar-refractivity contribution in [3.05, 3.63) is 39.3 Å². The number of nitrogens with zero attached hydrogens (tertiary/aromatic N) is 4. The van der Waals surface area contributed by atoms with E-state index in [4.69, 9.17) is 0 Å². The molecule has 6 heteroatoms. The number of fused-ring (bicyclic) bond motifs is 1. The average molecular weight is 359 g/mol. The third-order valence-corrected chi connectivity index (χ3v) is 6.59. The van der Waals surface area contributed by atoms with Gasteiger partial charge in [0, 0.05) is 36.6 Å². The molecule has 1 atom stereocenters.